The lowest BCUT2D eigenvalue weighted by molar-refractivity contribution is -0.139. The number of nitrogens with zero attached hydrogens (tertiary/aromatic N) is 2. The SMILES string of the molecule is CC1CCC(NC(=O)CN2CCN(C(=O)C3CNC3)CC2)CC1.Cl. The second kappa shape index (κ2) is 9.02. The first-order chi connectivity index (χ1) is 11.1. The lowest BCUT2D eigenvalue weighted by Crippen LogP contribution is -2.57. The number of carbonyl (C=O) groups is 2. The van der Waals surface area contributed by atoms with Crippen molar-refractivity contribution in [3.8, 4) is 0 Å². The fourth-order valence-corrected chi connectivity index (χ4v) is 3.73. The van der Waals surface area contributed by atoms with E-state index in [1.165, 1.54) is 12.8 Å². The molecular formula is C17H31ClN4O2. The Labute approximate surface area is 151 Å². The maximum Gasteiger partial charge on any atom is 0.234 e. The van der Waals surface area contributed by atoms with Crippen LogP contribution in [0, 0.1) is 11.8 Å². The van der Waals surface area contributed by atoms with E-state index >= 15 is 0 Å². The Bertz CT molecular complexity index is 428. The van der Waals surface area contributed by atoms with E-state index < -0.39 is 0 Å². The Hall–Kier alpha value is -0.850. The quantitative estimate of drug-likeness (QED) is 0.766. The summed E-state index contributed by atoms with van der Waals surface area (Å²) in [6.45, 7) is 7.52. The van der Waals surface area contributed by atoms with Crippen molar-refractivity contribution in [1.82, 2.24) is 20.4 Å². The van der Waals surface area contributed by atoms with Gasteiger partial charge in [-0.2, -0.15) is 0 Å². The third kappa shape index (κ3) is 5.07. The van der Waals surface area contributed by atoms with Gasteiger partial charge in [0.2, 0.25) is 11.8 Å². The third-order valence-corrected chi connectivity index (χ3v) is 5.56. The summed E-state index contributed by atoms with van der Waals surface area (Å²) in [6, 6.07) is 0.368. The van der Waals surface area contributed by atoms with E-state index in [4.69, 9.17) is 0 Å². The number of carbonyl (C=O) groups excluding carboxylic acids is 2. The van der Waals surface area contributed by atoms with Crippen LogP contribution in [-0.4, -0.2) is 73.5 Å². The van der Waals surface area contributed by atoms with Gasteiger partial charge in [0, 0.05) is 45.3 Å². The maximum absolute atomic E-state index is 12.2. The van der Waals surface area contributed by atoms with Crippen LogP contribution in [0.2, 0.25) is 0 Å². The number of amides is 2. The van der Waals surface area contributed by atoms with Gasteiger partial charge in [-0.25, -0.2) is 0 Å². The van der Waals surface area contributed by atoms with Gasteiger partial charge in [0.1, 0.15) is 0 Å². The zero-order valence-electron chi connectivity index (χ0n) is 14.6. The van der Waals surface area contributed by atoms with Crippen molar-refractivity contribution in [3.05, 3.63) is 0 Å². The minimum atomic E-state index is 0. The molecule has 0 aromatic heterocycles. The summed E-state index contributed by atoms with van der Waals surface area (Å²) in [5.41, 5.74) is 0. The van der Waals surface area contributed by atoms with Gasteiger partial charge in [0.05, 0.1) is 12.5 Å². The molecule has 3 rings (SSSR count). The highest BCUT2D eigenvalue weighted by atomic mass is 35.5. The summed E-state index contributed by atoms with van der Waals surface area (Å²) >= 11 is 0. The minimum absolute atomic E-state index is 0. The first kappa shape index (κ1) is 19.5. The van der Waals surface area contributed by atoms with E-state index in [0.29, 0.717) is 12.6 Å². The summed E-state index contributed by atoms with van der Waals surface area (Å²) in [4.78, 5) is 28.5. The van der Waals surface area contributed by atoms with Crippen molar-refractivity contribution in [2.24, 2.45) is 11.8 Å². The Balaban J connectivity index is 0.00000208. The first-order valence-corrected chi connectivity index (χ1v) is 9.13. The molecular weight excluding hydrogens is 328 g/mol. The predicted octanol–water partition coefficient (Wildman–Crippen LogP) is 0.467. The van der Waals surface area contributed by atoms with Gasteiger partial charge in [0.25, 0.3) is 0 Å². The molecule has 2 saturated heterocycles. The molecule has 0 bridgehead atoms. The Morgan fingerprint density at radius 1 is 1.04 bits per heavy atom. The predicted molar refractivity (Wildman–Crippen MR) is 96.2 cm³/mol. The monoisotopic (exact) mass is 358 g/mol. The molecule has 0 aromatic rings. The average molecular weight is 359 g/mol. The summed E-state index contributed by atoms with van der Waals surface area (Å²) in [6.07, 6.45) is 4.68. The van der Waals surface area contributed by atoms with Crippen LogP contribution < -0.4 is 10.6 Å². The van der Waals surface area contributed by atoms with Gasteiger partial charge in [-0.1, -0.05) is 6.92 Å². The van der Waals surface area contributed by atoms with Crippen LogP contribution in [0.4, 0.5) is 0 Å². The lowest BCUT2D eigenvalue weighted by Gasteiger charge is -2.38. The zero-order chi connectivity index (χ0) is 16.2. The van der Waals surface area contributed by atoms with E-state index in [1.807, 2.05) is 4.90 Å². The molecule has 2 N–H and O–H groups in total. The molecule has 6 nitrogen and oxygen atoms in total. The van der Waals surface area contributed by atoms with Crippen LogP contribution in [0.15, 0.2) is 0 Å². The van der Waals surface area contributed by atoms with Crippen LogP contribution in [0.5, 0.6) is 0 Å². The second-order valence-electron chi connectivity index (χ2n) is 7.48. The molecule has 2 aliphatic heterocycles. The van der Waals surface area contributed by atoms with E-state index in [1.54, 1.807) is 0 Å². The van der Waals surface area contributed by atoms with Gasteiger partial charge in [-0.05, 0) is 31.6 Å². The molecule has 0 unspecified atom stereocenters. The van der Waals surface area contributed by atoms with Crippen molar-refractivity contribution in [1.29, 1.82) is 0 Å². The lowest BCUT2D eigenvalue weighted by atomic mass is 9.87. The largest absolute Gasteiger partial charge is 0.352 e. The van der Waals surface area contributed by atoms with Crippen LogP contribution in [-0.2, 0) is 9.59 Å². The summed E-state index contributed by atoms with van der Waals surface area (Å²) in [5, 5.41) is 6.33. The van der Waals surface area contributed by atoms with Crippen molar-refractivity contribution in [3.63, 3.8) is 0 Å². The molecule has 1 aliphatic carbocycles. The highest BCUT2D eigenvalue weighted by Crippen LogP contribution is 2.23. The number of hydrogen-bond acceptors (Lipinski definition) is 4. The Morgan fingerprint density at radius 2 is 1.67 bits per heavy atom. The average Bonchev–Trinajstić information content (AvgIpc) is 2.48. The van der Waals surface area contributed by atoms with Crippen LogP contribution in [0.25, 0.3) is 0 Å². The van der Waals surface area contributed by atoms with Crippen LogP contribution >= 0.6 is 12.4 Å². The van der Waals surface area contributed by atoms with Gasteiger partial charge in [-0.15, -0.1) is 12.4 Å². The minimum Gasteiger partial charge on any atom is -0.352 e. The van der Waals surface area contributed by atoms with Crippen LogP contribution in [0.1, 0.15) is 32.6 Å². The molecule has 7 heteroatoms. The summed E-state index contributed by atoms with van der Waals surface area (Å²) in [5.74, 6) is 1.41. The Kier molecular flexibility index (Phi) is 7.32. The Morgan fingerprint density at radius 3 is 2.21 bits per heavy atom. The fraction of sp³-hybridized carbons (Fsp3) is 0.882. The van der Waals surface area contributed by atoms with E-state index in [0.717, 1.165) is 58.0 Å². The molecule has 3 aliphatic rings. The molecule has 138 valence electrons. The molecule has 0 spiro atoms. The topological polar surface area (TPSA) is 64.7 Å². The zero-order valence-corrected chi connectivity index (χ0v) is 15.4. The van der Waals surface area contributed by atoms with Gasteiger partial charge in [-0.3, -0.25) is 14.5 Å². The maximum atomic E-state index is 12.2. The van der Waals surface area contributed by atoms with Crippen LogP contribution in [0.3, 0.4) is 0 Å². The van der Waals surface area contributed by atoms with Crippen molar-refractivity contribution in [2.75, 3.05) is 45.8 Å². The molecule has 1 saturated carbocycles. The summed E-state index contributed by atoms with van der Waals surface area (Å²) in [7, 11) is 0. The standard InChI is InChI=1S/C17H30N4O2.ClH/c1-13-2-4-15(5-3-13)19-16(22)12-20-6-8-21(9-7-20)17(23)14-10-18-11-14;/h13-15,18H,2-12H2,1H3,(H,19,22);1H. The molecule has 0 radical (unpaired) electrons. The first-order valence-electron chi connectivity index (χ1n) is 9.13. The molecule has 3 fully saturated rings. The number of rotatable bonds is 4. The normalized spacial score (nSPS) is 28.6. The van der Waals surface area contributed by atoms with Gasteiger partial charge in [0.15, 0.2) is 0 Å². The van der Waals surface area contributed by atoms with E-state index in [9.17, 15) is 9.59 Å². The van der Waals surface area contributed by atoms with Crippen molar-refractivity contribution < 1.29 is 9.59 Å². The number of nitrogens with one attached hydrogen (secondary N) is 2. The molecule has 2 heterocycles. The van der Waals surface area contributed by atoms with Crippen molar-refractivity contribution >= 4 is 24.2 Å². The van der Waals surface area contributed by atoms with E-state index in [2.05, 4.69) is 22.5 Å². The number of hydrogen-bond donors (Lipinski definition) is 2. The number of halogens is 1. The highest BCUT2D eigenvalue weighted by Gasteiger charge is 2.31. The van der Waals surface area contributed by atoms with Gasteiger partial charge < -0.3 is 15.5 Å². The van der Waals surface area contributed by atoms with E-state index in [-0.39, 0.29) is 30.1 Å². The molecule has 0 atom stereocenters. The smallest absolute Gasteiger partial charge is 0.234 e. The molecule has 0 aromatic carbocycles. The second-order valence-corrected chi connectivity index (χ2v) is 7.48. The van der Waals surface area contributed by atoms with Gasteiger partial charge >= 0.3 is 0 Å². The molecule has 24 heavy (non-hydrogen) atoms. The highest BCUT2D eigenvalue weighted by molar-refractivity contribution is 5.85. The van der Waals surface area contributed by atoms with Crippen molar-refractivity contribution in [2.45, 2.75) is 38.6 Å². The number of piperazine rings is 1. The summed E-state index contributed by atoms with van der Waals surface area (Å²) < 4.78 is 0. The molecule has 2 amide bonds. The fourth-order valence-electron chi connectivity index (χ4n) is 3.73. The third-order valence-electron chi connectivity index (χ3n) is 5.56.